The van der Waals surface area contributed by atoms with Gasteiger partial charge in [-0.05, 0) is 18.4 Å². The Bertz CT molecular complexity index is 1240. The van der Waals surface area contributed by atoms with Crippen molar-refractivity contribution in [3.8, 4) is 6.07 Å². The largest absolute Gasteiger partial charge is 0.363 e. The summed E-state index contributed by atoms with van der Waals surface area (Å²) < 4.78 is 5.42. The van der Waals surface area contributed by atoms with Gasteiger partial charge < -0.3 is 10.2 Å². The zero-order valence-electron chi connectivity index (χ0n) is 16.6. The minimum atomic E-state index is -0.327. The average molecular weight is 421 g/mol. The number of fused-ring (bicyclic) bond motifs is 1. The highest BCUT2D eigenvalue weighted by molar-refractivity contribution is 7.98. The van der Waals surface area contributed by atoms with Gasteiger partial charge in [-0.15, -0.1) is 16.9 Å². The highest BCUT2D eigenvalue weighted by Gasteiger charge is 2.46. The van der Waals surface area contributed by atoms with E-state index in [1.165, 1.54) is 0 Å². The van der Waals surface area contributed by atoms with Crippen LogP contribution in [0.5, 0.6) is 0 Å². The monoisotopic (exact) mass is 420 g/mol. The molecule has 4 aromatic rings. The average Bonchev–Trinajstić information content (AvgIpc) is 3.43. The van der Waals surface area contributed by atoms with Crippen LogP contribution >= 0.6 is 11.8 Å². The Balaban J connectivity index is 1.42. The summed E-state index contributed by atoms with van der Waals surface area (Å²) in [6.45, 7) is 1.38. The summed E-state index contributed by atoms with van der Waals surface area (Å²) in [5.41, 5.74) is 2.25. The Morgan fingerprint density at radius 3 is 2.83 bits per heavy atom. The topological polar surface area (TPSA) is 105 Å². The van der Waals surface area contributed by atoms with Gasteiger partial charge >= 0.3 is 0 Å². The SMILES string of the molecule is CSc1cnn(C2(CC#N)CN(c3cccn4nc(Nc5cnn(C)c5)nc34)C2)c1. The third-order valence-corrected chi connectivity index (χ3v) is 5.98. The summed E-state index contributed by atoms with van der Waals surface area (Å²) >= 11 is 1.65. The first-order valence-corrected chi connectivity index (χ1v) is 10.6. The molecule has 0 amide bonds. The molecule has 5 heterocycles. The van der Waals surface area contributed by atoms with Crippen molar-refractivity contribution in [1.29, 1.82) is 5.26 Å². The van der Waals surface area contributed by atoms with Crippen LogP contribution < -0.4 is 10.2 Å². The van der Waals surface area contributed by atoms with Crippen LogP contribution in [0.15, 0.2) is 48.0 Å². The Labute approximate surface area is 177 Å². The van der Waals surface area contributed by atoms with Crippen LogP contribution in [0.4, 0.5) is 17.3 Å². The smallest absolute Gasteiger partial charge is 0.247 e. The number of anilines is 3. The van der Waals surface area contributed by atoms with Crippen molar-refractivity contribution < 1.29 is 0 Å². The van der Waals surface area contributed by atoms with Crippen molar-refractivity contribution in [2.45, 2.75) is 16.9 Å². The van der Waals surface area contributed by atoms with E-state index in [4.69, 9.17) is 0 Å². The molecule has 10 nitrogen and oxygen atoms in total. The lowest BCUT2D eigenvalue weighted by molar-refractivity contribution is 0.198. The van der Waals surface area contributed by atoms with Crippen molar-refractivity contribution in [2.24, 2.45) is 7.05 Å². The zero-order valence-corrected chi connectivity index (χ0v) is 17.4. The van der Waals surface area contributed by atoms with Gasteiger partial charge in [-0.2, -0.15) is 20.4 Å². The van der Waals surface area contributed by atoms with Crippen LogP contribution in [0, 0.1) is 11.3 Å². The fraction of sp³-hybridized carbons (Fsp3) is 0.316. The number of nitrogens with one attached hydrogen (secondary N) is 1. The number of pyridine rings is 1. The lowest BCUT2D eigenvalue weighted by atomic mass is 9.86. The van der Waals surface area contributed by atoms with Crippen molar-refractivity contribution in [3.05, 3.63) is 43.1 Å². The first kappa shape index (κ1) is 18.5. The molecule has 11 heteroatoms. The third kappa shape index (κ3) is 3.05. The number of nitriles is 1. The van der Waals surface area contributed by atoms with E-state index in [9.17, 15) is 5.26 Å². The maximum absolute atomic E-state index is 9.41. The Morgan fingerprint density at radius 1 is 1.27 bits per heavy atom. The molecule has 0 spiro atoms. The predicted octanol–water partition coefficient (Wildman–Crippen LogP) is 2.25. The van der Waals surface area contributed by atoms with Crippen LogP contribution in [0.1, 0.15) is 6.42 Å². The first-order chi connectivity index (χ1) is 14.6. The van der Waals surface area contributed by atoms with Gasteiger partial charge in [-0.3, -0.25) is 9.36 Å². The van der Waals surface area contributed by atoms with E-state index >= 15 is 0 Å². The maximum Gasteiger partial charge on any atom is 0.247 e. The van der Waals surface area contributed by atoms with Crippen LogP contribution in [0.25, 0.3) is 5.65 Å². The van der Waals surface area contributed by atoms with Crippen molar-refractivity contribution >= 4 is 34.7 Å². The van der Waals surface area contributed by atoms with Crippen LogP contribution in [-0.4, -0.2) is 53.5 Å². The summed E-state index contributed by atoms with van der Waals surface area (Å²) in [5, 5.41) is 25.8. The van der Waals surface area contributed by atoms with E-state index in [-0.39, 0.29) is 5.54 Å². The van der Waals surface area contributed by atoms with Gasteiger partial charge in [-0.25, -0.2) is 4.52 Å². The number of hydrogen-bond acceptors (Lipinski definition) is 8. The van der Waals surface area contributed by atoms with Crippen molar-refractivity contribution in [1.82, 2.24) is 34.2 Å². The van der Waals surface area contributed by atoms with Gasteiger partial charge in [0.25, 0.3) is 0 Å². The second-order valence-electron chi connectivity index (χ2n) is 7.36. The minimum Gasteiger partial charge on any atom is -0.363 e. The van der Waals surface area contributed by atoms with Gasteiger partial charge in [-0.1, -0.05) is 0 Å². The molecular formula is C19H20N10S. The maximum atomic E-state index is 9.41. The van der Waals surface area contributed by atoms with Gasteiger partial charge in [0.2, 0.25) is 5.95 Å². The lowest BCUT2D eigenvalue weighted by Crippen LogP contribution is -2.63. The zero-order chi connectivity index (χ0) is 20.7. The molecule has 152 valence electrons. The molecular weight excluding hydrogens is 400 g/mol. The molecule has 1 N–H and O–H groups in total. The molecule has 5 rings (SSSR count). The number of nitrogens with zero attached hydrogens (tertiary/aromatic N) is 9. The van der Waals surface area contributed by atoms with E-state index in [1.807, 2.05) is 54.9 Å². The number of thioether (sulfide) groups is 1. The summed E-state index contributed by atoms with van der Waals surface area (Å²) in [6, 6.07) is 6.32. The molecule has 0 unspecified atom stereocenters. The number of hydrogen-bond donors (Lipinski definition) is 1. The highest BCUT2D eigenvalue weighted by Crippen LogP contribution is 2.37. The molecule has 0 atom stereocenters. The Hall–Kier alpha value is -3.52. The fourth-order valence-corrected chi connectivity index (χ4v) is 4.16. The summed E-state index contributed by atoms with van der Waals surface area (Å²) in [4.78, 5) is 7.99. The van der Waals surface area contributed by atoms with E-state index in [0.717, 1.165) is 21.9 Å². The number of aryl methyl sites for hydroxylation is 1. The summed E-state index contributed by atoms with van der Waals surface area (Å²) in [7, 11) is 1.86. The van der Waals surface area contributed by atoms with Gasteiger partial charge in [0, 0.05) is 43.6 Å². The van der Waals surface area contributed by atoms with Crippen molar-refractivity contribution in [3.63, 3.8) is 0 Å². The Kier molecular flexibility index (Phi) is 4.36. The molecule has 0 aromatic carbocycles. The van der Waals surface area contributed by atoms with E-state index in [1.54, 1.807) is 27.2 Å². The molecule has 0 aliphatic carbocycles. The number of aromatic nitrogens is 7. The standard InChI is InChI=1S/C19H20N10S/c1-26-10-14(8-21-26)23-18-24-17-16(4-3-7-28(17)25-18)27-12-19(13-27,5-6-20)29-11-15(30-2)9-22-29/h3-4,7-11H,5,12-13H2,1-2H3,(H,23,25). The first-order valence-electron chi connectivity index (χ1n) is 9.42. The molecule has 0 bridgehead atoms. The Morgan fingerprint density at radius 2 is 2.13 bits per heavy atom. The molecule has 4 aromatic heterocycles. The van der Waals surface area contributed by atoms with Gasteiger partial charge in [0.1, 0.15) is 5.54 Å². The molecule has 1 fully saturated rings. The van der Waals surface area contributed by atoms with Gasteiger partial charge in [0.05, 0.1) is 36.3 Å². The molecule has 0 radical (unpaired) electrons. The third-order valence-electron chi connectivity index (χ3n) is 5.30. The second-order valence-corrected chi connectivity index (χ2v) is 8.24. The second kappa shape index (κ2) is 7.07. The molecule has 1 aliphatic rings. The van der Waals surface area contributed by atoms with Gasteiger partial charge in [0.15, 0.2) is 5.65 Å². The van der Waals surface area contributed by atoms with E-state index in [2.05, 4.69) is 36.6 Å². The highest BCUT2D eigenvalue weighted by atomic mass is 32.2. The minimum absolute atomic E-state index is 0.327. The lowest BCUT2D eigenvalue weighted by Gasteiger charge is -2.50. The fourth-order valence-electron chi connectivity index (χ4n) is 3.80. The van der Waals surface area contributed by atoms with Crippen LogP contribution in [0.3, 0.4) is 0 Å². The van der Waals surface area contributed by atoms with Crippen LogP contribution in [0.2, 0.25) is 0 Å². The van der Waals surface area contributed by atoms with E-state index < -0.39 is 0 Å². The molecule has 1 aliphatic heterocycles. The predicted molar refractivity (Wildman–Crippen MR) is 114 cm³/mol. The van der Waals surface area contributed by atoms with E-state index in [0.29, 0.717) is 25.5 Å². The summed E-state index contributed by atoms with van der Waals surface area (Å²) in [5.74, 6) is 0.510. The number of rotatable bonds is 6. The van der Waals surface area contributed by atoms with Crippen LogP contribution in [-0.2, 0) is 12.6 Å². The molecule has 1 saturated heterocycles. The summed E-state index contributed by atoms with van der Waals surface area (Å²) in [6.07, 6.45) is 11.8. The van der Waals surface area contributed by atoms with Crippen molar-refractivity contribution in [2.75, 3.05) is 29.6 Å². The quantitative estimate of drug-likeness (QED) is 0.474. The molecule has 30 heavy (non-hydrogen) atoms. The molecule has 0 saturated carbocycles. The normalized spacial score (nSPS) is 15.2.